The van der Waals surface area contributed by atoms with Crippen LogP contribution in [0.4, 0.5) is 5.82 Å². The molecule has 0 unspecified atom stereocenters. The Morgan fingerprint density at radius 1 is 1.11 bits per heavy atom. The van der Waals surface area contributed by atoms with Gasteiger partial charge in [-0.25, -0.2) is 14.8 Å². The maximum atomic E-state index is 11.6. The summed E-state index contributed by atoms with van der Waals surface area (Å²) in [6.45, 7) is 3.03. The molecule has 1 N–H and O–H groups in total. The first-order chi connectivity index (χ1) is 13.7. The molecule has 3 rings (SSSR count). The minimum absolute atomic E-state index is 0.182. The standard InChI is InChI=1S/C21H20BrN3O3/c1-2-27-21(26)18-12-25-20(13-23-18)24-11-16-10-17(22)8-9-19(16)28-14-15-6-4-3-5-7-15/h3-10,12-13H,2,11,14H2,1H3,(H,24,25). The van der Waals surface area contributed by atoms with Gasteiger partial charge in [0.15, 0.2) is 5.69 Å². The number of anilines is 1. The van der Waals surface area contributed by atoms with Gasteiger partial charge in [0, 0.05) is 16.6 Å². The van der Waals surface area contributed by atoms with E-state index in [2.05, 4.69) is 31.2 Å². The lowest BCUT2D eigenvalue weighted by Gasteiger charge is -2.13. The molecule has 0 atom stereocenters. The molecule has 3 aromatic rings. The predicted octanol–water partition coefficient (Wildman–Crippen LogP) is 4.61. The summed E-state index contributed by atoms with van der Waals surface area (Å²) in [6, 6.07) is 15.9. The van der Waals surface area contributed by atoms with Crippen molar-refractivity contribution in [2.45, 2.75) is 20.1 Å². The normalized spacial score (nSPS) is 10.4. The molecule has 28 heavy (non-hydrogen) atoms. The summed E-state index contributed by atoms with van der Waals surface area (Å²) >= 11 is 3.50. The van der Waals surface area contributed by atoms with Gasteiger partial charge < -0.3 is 14.8 Å². The molecule has 0 fully saturated rings. The Bertz CT molecular complexity index is 918. The molecule has 6 nitrogen and oxygen atoms in total. The zero-order valence-electron chi connectivity index (χ0n) is 15.4. The third kappa shape index (κ3) is 5.53. The number of benzene rings is 2. The lowest BCUT2D eigenvalue weighted by atomic mass is 10.2. The lowest BCUT2D eigenvalue weighted by molar-refractivity contribution is 0.0519. The summed E-state index contributed by atoms with van der Waals surface area (Å²) in [5, 5.41) is 3.20. The Labute approximate surface area is 172 Å². The van der Waals surface area contributed by atoms with E-state index < -0.39 is 5.97 Å². The first kappa shape index (κ1) is 19.8. The lowest BCUT2D eigenvalue weighted by Crippen LogP contribution is -2.09. The van der Waals surface area contributed by atoms with E-state index in [9.17, 15) is 4.79 Å². The van der Waals surface area contributed by atoms with E-state index in [1.54, 1.807) is 6.92 Å². The molecule has 0 radical (unpaired) electrons. The number of esters is 1. The zero-order valence-corrected chi connectivity index (χ0v) is 17.0. The number of halogens is 1. The maximum absolute atomic E-state index is 11.6. The van der Waals surface area contributed by atoms with Crippen molar-refractivity contribution in [2.24, 2.45) is 0 Å². The second kappa shape index (κ2) is 9.85. The van der Waals surface area contributed by atoms with E-state index in [-0.39, 0.29) is 5.69 Å². The Balaban J connectivity index is 1.65. The summed E-state index contributed by atoms with van der Waals surface area (Å²) in [5.41, 5.74) is 2.26. The molecule has 144 valence electrons. The van der Waals surface area contributed by atoms with Crippen molar-refractivity contribution in [3.05, 3.63) is 82.2 Å². The largest absolute Gasteiger partial charge is 0.489 e. The van der Waals surface area contributed by atoms with Crippen LogP contribution in [0, 0.1) is 0 Å². The molecule has 1 heterocycles. The first-order valence-electron chi connectivity index (χ1n) is 8.84. The molecular weight excluding hydrogens is 422 g/mol. The SMILES string of the molecule is CCOC(=O)c1cnc(NCc2cc(Br)ccc2OCc2ccccc2)cn1. The molecule has 0 aliphatic carbocycles. The third-order valence-electron chi connectivity index (χ3n) is 3.86. The van der Waals surface area contributed by atoms with Crippen LogP contribution in [0.25, 0.3) is 0 Å². The van der Waals surface area contributed by atoms with E-state index in [0.29, 0.717) is 25.6 Å². The summed E-state index contributed by atoms with van der Waals surface area (Å²) in [5.74, 6) is 0.864. The number of carbonyl (C=O) groups excluding carboxylic acids is 1. The molecule has 0 spiro atoms. The number of nitrogens with one attached hydrogen (secondary N) is 1. The number of aromatic nitrogens is 2. The Morgan fingerprint density at radius 3 is 2.64 bits per heavy atom. The number of nitrogens with zero attached hydrogens (tertiary/aromatic N) is 2. The van der Waals surface area contributed by atoms with Crippen LogP contribution in [-0.2, 0) is 17.9 Å². The van der Waals surface area contributed by atoms with E-state index in [0.717, 1.165) is 21.3 Å². The van der Waals surface area contributed by atoms with Crippen molar-refractivity contribution >= 4 is 27.7 Å². The smallest absolute Gasteiger partial charge is 0.358 e. The van der Waals surface area contributed by atoms with Crippen LogP contribution in [-0.4, -0.2) is 22.5 Å². The van der Waals surface area contributed by atoms with Crippen molar-refractivity contribution < 1.29 is 14.3 Å². The van der Waals surface area contributed by atoms with Crippen molar-refractivity contribution in [1.82, 2.24) is 9.97 Å². The van der Waals surface area contributed by atoms with Gasteiger partial charge in [0.2, 0.25) is 0 Å². The number of hydrogen-bond donors (Lipinski definition) is 1. The summed E-state index contributed by atoms with van der Waals surface area (Å²) in [4.78, 5) is 19.9. The highest BCUT2D eigenvalue weighted by atomic mass is 79.9. The van der Waals surface area contributed by atoms with Crippen molar-refractivity contribution in [2.75, 3.05) is 11.9 Å². The fraction of sp³-hybridized carbons (Fsp3) is 0.190. The van der Waals surface area contributed by atoms with Gasteiger partial charge >= 0.3 is 5.97 Å². The molecule has 2 aromatic carbocycles. The highest BCUT2D eigenvalue weighted by molar-refractivity contribution is 9.10. The Kier molecular flexibility index (Phi) is 6.97. The van der Waals surface area contributed by atoms with Crippen LogP contribution in [0.1, 0.15) is 28.5 Å². The molecule has 0 saturated heterocycles. The summed E-state index contributed by atoms with van der Waals surface area (Å²) in [6.07, 6.45) is 2.91. The van der Waals surface area contributed by atoms with Crippen molar-refractivity contribution in [3.63, 3.8) is 0 Å². The molecule has 0 bridgehead atoms. The van der Waals surface area contributed by atoms with E-state index in [4.69, 9.17) is 9.47 Å². The van der Waals surface area contributed by atoms with Crippen LogP contribution in [0.2, 0.25) is 0 Å². The van der Waals surface area contributed by atoms with Crippen molar-refractivity contribution in [1.29, 1.82) is 0 Å². The van der Waals surface area contributed by atoms with Gasteiger partial charge in [-0.1, -0.05) is 46.3 Å². The molecular formula is C21H20BrN3O3. The van der Waals surface area contributed by atoms with E-state index in [1.807, 2.05) is 48.5 Å². The minimum atomic E-state index is -0.481. The summed E-state index contributed by atoms with van der Waals surface area (Å²) in [7, 11) is 0. The number of hydrogen-bond acceptors (Lipinski definition) is 6. The summed E-state index contributed by atoms with van der Waals surface area (Å²) < 4.78 is 11.9. The van der Waals surface area contributed by atoms with Gasteiger partial charge in [-0.2, -0.15) is 0 Å². The van der Waals surface area contributed by atoms with Crippen LogP contribution < -0.4 is 10.1 Å². The predicted molar refractivity (Wildman–Crippen MR) is 110 cm³/mol. The van der Waals surface area contributed by atoms with Gasteiger partial charge in [0.25, 0.3) is 0 Å². The average molecular weight is 442 g/mol. The maximum Gasteiger partial charge on any atom is 0.358 e. The first-order valence-corrected chi connectivity index (χ1v) is 9.63. The molecule has 0 amide bonds. The fourth-order valence-electron chi connectivity index (χ4n) is 2.48. The number of rotatable bonds is 8. The minimum Gasteiger partial charge on any atom is -0.489 e. The van der Waals surface area contributed by atoms with Gasteiger partial charge in [0.05, 0.1) is 19.0 Å². The molecule has 0 aliphatic rings. The average Bonchev–Trinajstić information content (AvgIpc) is 2.73. The Morgan fingerprint density at radius 2 is 1.93 bits per heavy atom. The molecule has 0 saturated carbocycles. The third-order valence-corrected chi connectivity index (χ3v) is 4.35. The van der Waals surface area contributed by atoms with E-state index in [1.165, 1.54) is 12.4 Å². The number of carbonyl (C=O) groups is 1. The van der Waals surface area contributed by atoms with Crippen molar-refractivity contribution in [3.8, 4) is 5.75 Å². The monoisotopic (exact) mass is 441 g/mol. The Hall–Kier alpha value is -2.93. The highest BCUT2D eigenvalue weighted by Gasteiger charge is 2.10. The van der Waals surface area contributed by atoms with Gasteiger partial charge in [-0.3, -0.25) is 0 Å². The molecule has 0 aliphatic heterocycles. The van der Waals surface area contributed by atoms with Gasteiger partial charge in [-0.05, 0) is 30.7 Å². The quantitative estimate of drug-likeness (QED) is 0.514. The zero-order chi connectivity index (χ0) is 19.8. The van der Waals surface area contributed by atoms with Crippen LogP contribution >= 0.6 is 15.9 Å². The second-order valence-electron chi connectivity index (χ2n) is 5.89. The van der Waals surface area contributed by atoms with Crippen LogP contribution in [0.3, 0.4) is 0 Å². The van der Waals surface area contributed by atoms with E-state index >= 15 is 0 Å². The molecule has 7 heteroatoms. The highest BCUT2D eigenvalue weighted by Crippen LogP contribution is 2.25. The van der Waals surface area contributed by atoms with Gasteiger partial charge in [-0.15, -0.1) is 0 Å². The number of ether oxygens (including phenoxy) is 2. The fourth-order valence-corrected chi connectivity index (χ4v) is 2.89. The van der Waals surface area contributed by atoms with Crippen LogP contribution in [0.15, 0.2) is 65.4 Å². The topological polar surface area (TPSA) is 73.3 Å². The van der Waals surface area contributed by atoms with Crippen LogP contribution in [0.5, 0.6) is 5.75 Å². The second-order valence-corrected chi connectivity index (χ2v) is 6.80. The van der Waals surface area contributed by atoms with Gasteiger partial charge in [0.1, 0.15) is 18.2 Å². The molecule has 1 aromatic heterocycles.